The summed E-state index contributed by atoms with van der Waals surface area (Å²) in [5, 5.41) is 16.6. The van der Waals surface area contributed by atoms with E-state index < -0.39 is 31.4 Å². The SMILES string of the molecule is C=C(C)c1ccccc1[C@@H]1CCCN1C1CC2(CCN(c3ccc(C(=O)NS(=O)(=O)c4cc5c(c([N+](=O)[O-])c4)N[C@@H](CN4CCN(C6COC6)[C@H](C)C4)CO5)c(Oc4cnc5[nH]ccc5c4)c3)CC2)C1. The number of hydrogen-bond acceptors (Lipinski definition) is 14. The van der Waals surface area contributed by atoms with Gasteiger partial charge in [0.15, 0.2) is 11.4 Å². The quantitative estimate of drug-likeness (QED) is 0.0774. The van der Waals surface area contributed by atoms with E-state index in [0.717, 1.165) is 88.0 Å². The van der Waals surface area contributed by atoms with Gasteiger partial charge in [-0.2, -0.15) is 0 Å². The molecule has 2 aromatic heterocycles. The number of nitrogens with one attached hydrogen (secondary N) is 3. The number of allylic oxidation sites excluding steroid dienone is 1. The summed E-state index contributed by atoms with van der Waals surface area (Å²) in [7, 11) is -4.66. The van der Waals surface area contributed by atoms with Crippen LogP contribution in [0.1, 0.15) is 79.9 Å². The number of rotatable bonds is 13. The number of H-pyrrole nitrogens is 1. The summed E-state index contributed by atoms with van der Waals surface area (Å²) in [6, 6.07) is 21.2. The highest BCUT2D eigenvalue weighted by Gasteiger charge is 2.50. The Kier molecular flexibility index (Phi) is 12.3. The van der Waals surface area contributed by atoms with Crippen LogP contribution in [-0.2, 0) is 14.8 Å². The molecule has 3 atom stereocenters. The molecule has 6 aliphatic rings. The van der Waals surface area contributed by atoms with Crippen molar-refractivity contribution in [1.82, 2.24) is 29.4 Å². The first-order chi connectivity index (χ1) is 33.8. The van der Waals surface area contributed by atoms with Gasteiger partial charge in [0.1, 0.15) is 23.8 Å². The van der Waals surface area contributed by atoms with Gasteiger partial charge >= 0.3 is 0 Å². The first kappa shape index (κ1) is 46.3. The number of aromatic nitrogens is 2. The molecule has 5 fully saturated rings. The summed E-state index contributed by atoms with van der Waals surface area (Å²) in [5.41, 5.74) is 5.17. The lowest BCUT2D eigenvalue weighted by molar-refractivity contribution is -0.384. The molecule has 5 aromatic rings. The molecule has 1 spiro atoms. The van der Waals surface area contributed by atoms with Gasteiger partial charge < -0.3 is 29.4 Å². The van der Waals surface area contributed by atoms with Crippen LogP contribution >= 0.6 is 0 Å². The summed E-state index contributed by atoms with van der Waals surface area (Å²) in [6.07, 6.45) is 10.1. The lowest BCUT2D eigenvalue weighted by Crippen LogP contribution is -2.61. The number of carbonyl (C=O) groups is 1. The smallest absolute Gasteiger partial charge is 0.297 e. The van der Waals surface area contributed by atoms with Crippen LogP contribution in [0.3, 0.4) is 0 Å². The number of nitro benzene ring substituents is 1. The molecule has 1 amide bonds. The average Bonchev–Trinajstić information content (AvgIpc) is 4.01. The van der Waals surface area contributed by atoms with Crippen molar-refractivity contribution >= 4 is 49.6 Å². The van der Waals surface area contributed by atoms with Crippen LogP contribution in [-0.4, -0.2) is 134 Å². The zero-order chi connectivity index (χ0) is 48.3. The second-order valence-electron chi connectivity index (χ2n) is 20.4. The van der Waals surface area contributed by atoms with Gasteiger partial charge in [-0.05, 0) is 99.7 Å². The minimum absolute atomic E-state index is 0.0211. The first-order valence-corrected chi connectivity index (χ1v) is 26.1. The largest absolute Gasteiger partial charge is 0.489 e. The number of carbonyl (C=O) groups excluding carboxylic acids is 1. The summed E-state index contributed by atoms with van der Waals surface area (Å²) < 4.78 is 48.1. The van der Waals surface area contributed by atoms with Gasteiger partial charge in [0.2, 0.25) is 0 Å². The molecule has 0 unspecified atom stereocenters. The summed E-state index contributed by atoms with van der Waals surface area (Å²) in [6.45, 7) is 16.2. The number of ether oxygens (including phenoxy) is 3. The van der Waals surface area contributed by atoms with Crippen LogP contribution in [0.25, 0.3) is 16.6 Å². The van der Waals surface area contributed by atoms with Gasteiger partial charge in [0.05, 0.1) is 46.9 Å². The van der Waals surface area contributed by atoms with Crippen LogP contribution in [0.2, 0.25) is 0 Å². The van der Waals surface area contributed by atoms with Crippen molar-refractivity contribution in [2.45, 2.75) is 87.5 Å². The Labute approximate surface area is 408 Å². The third kappa shape index (κ3) is 9.00. The van der Waals surface area contributed by atoms with Crippen LogP contribution < -0.4 is 24.4 Å². The van der Waals surface area contributed by atoms with Gasteiger partial charge in [-0.25, -0.2) is 18.1 Å². The molecule has 11 rings (SSSR count). The van der Waals surface area contributed by atoms with Crippen molar-refractivity contribution in [3.63, 3.8) is 0 Å². The Bertz CT molecular complexity index is 2940. The zero-order valence-corrected chi connectivity index (χ0v) is 40.6. The molecule has 17 nitrogen and oxygen atoms in total. The van der Waals surface area contributed by atoms with Crippen molar-refractivity contribution in [2.75, 3.05) is 75.9 Å². The van der Waals surface area contributed by atoms with Gasteiger partial charge in [0.25, 0.3) is 21.6 Å². The second-order valence-corrected chi connectivity index (χ2v) is 22.1. The van der Waals surface area contributed by atoms with Crippen molar-refractivity contribution in [1.29, 1.82) is 0 Å². The number of anilines is 2. The molecule has 3 N–H and O–H groups in total. The van der Waals surface area contributed by atoms with Gasteiger partial charge in [-0.15, -0.1) is 0 Å². The van der Waals surface area contributed by atoms with Crippen LogP contribution in [0.4, 0.5) is 17.1 Å². The zero-order valence-electron chi connectivity index (χ0n) is 39.8. The molecule has 70 heavy (non-hydrogen) atoms. The van der Waals surface area contributed by atoms with Gasteiger partial charge in [0, 0.05) is 92.9 Å². The fourth-order valence-corrected chi connectivity index (χ4v) is 13.0. The number of piperidine rings is 1. The Morgan fingerprint density at radius 2 is 1.80 bits per heavy atom. The maximum atomic E-state index is 14.2. The summed E-state index contributed by atoms with van der Waals surface area (Å²) in [5.74, 6) is -0.434. The Morgan fingerprint density at radius 3 is 2.56 bits per heavy atom. The lowest BCUT2D eigenvalue weighted by atomic mass is 9.59. The molecule has 1 saturated carbocycles. The Balaban J connectivity index is 0.781. The summed E-state index contributed by atoms with van der Waals surface area (Å²) in [4.78, 5) is 42.9. The Hall–Kier alpha value is -6.05. The van der Waals surface area contributed by atoms with E-state index in [1.165, 1.54) is 42.9 Å². The molecule has 0 radical (unpaired) electrons. The molecule has 5 aliphatic heterocycles. The van der Waals surface area contributed by atoms with Crippen molar-refractivity contribution in [3.8, 4) is 17.2 Å². The minimum Gasteiger partial charge on any atom is -0.489 e. The molecular formula is C52H61N9O8S. The number of amides is 1. The predicted octanol–water partition coefficient (Wildman–Crippen LogP) is 7.58. The molecule has 1 aliphatic carbocycles. The minimum atomic E-state index is -4.66. The maximum absolute atomic E-state index is 14.2. The number of hydrogen-bond donors (Lipinski definition) is 3. The van der Waals surface area contributed by atoms with E-state index in [4.69, 9.17) is 14.2 Å². The van der Waals surface area contributed by atoms with E-state index in [0.29, 0.717) is 42.1 Å². The molecule has 7 heterocycles. The number of nitrogens with zero attached hydrogens (tertiary/aromatic N) is 6. The number of sulfonamides is 1. The fourth-order valence-electron chi connectivity index (χ4n) is 12.0. The van der Waals surface area contributed by atoms with Crippen molar-refractivity contribution < 1.29 is 32.3 Å². The number of fused-ring (bicyclic) bond motifs is 2. The molecular weight excluding hydrogens is 911 g/mol. The molecule has 18 heteroatoms. The van der Waals surface area contributed by atoms with E-state index >= 15 is 0 Å². The van der Waals surface area contributed by atoms with Crippen LogP contribution in [0.15, 0.2) is 90.6 Å². The fraction of sp³-hybridized carbons (Fsp3) is 0.462. The number of pyridine rings is 1. The van der Waals surface area contributed by atoms with Gasteiger partial charge in [-0.3, -0.25) is 29.6 Å². The van der Waals surface area contributed by atoms with Crippen LogP contribution in [0.5, 0.6) is 17.2 Å². The van der Waals surface area contributed by atoms with E-state index in [1.807, 2.05) is 12.1 Å². The predicted molar refractivity (Wildman–Crippen MR) is 267 cm³/mol. The highest BCUT2D eigenvalue weighted by atomic mass is 32.2. The molecule has 368 valence electrons. The normalized spacial score (nSPS) is 23.2. The first-order valence-electron chi connectivity index (χ1n) is 24.6. The van der Waals surface area contributed by atoms with Crippen LogP contribution in [0, 0.1) is 15.5 Å². The third-order valence-corrected chi connectivity index (χ3v) is 17.1. The number of likely N-dealkylation sites (tertiary alicyclic amines) is 1. The van der Waals surface area contributed by atoms with E-state index in [9.17, 15) is 23.3 Å². The van der Waals surface area contributed by atoms with E-state index in [2.05, 4.69) is 84.3 Å². The number of benzene rings is 3. The van der Waals surface area contributed by atoms with Crippen molar-refractivity contribution in [3.05, 3.63) is 113 Å². The molecule has 4 saturated heterocycles. The average molecular weight is 972 g/mol. The number of piperazine rings is 1. The molecule has 3 aromatic carbocycles. The number of nitro groups is 1. The number of aromatic amines is 1. The highest BCUT2D eigenvalue weighted by molar-refractivity contribution is 7.90. The van der Waals surface area contributed by atoms with E-state index in [1.54, 1.807) is 30.6 Å². The molecule has 0 bridgehead atoms. The van der Waals surface area contributed by atoms with E-state index in [-0.39, 0.29) is 40.8 Å². The van der Waals surface area contributed by atoms with Gasteiger partial charge in [-0.1, -0.05) is 36.4 Å². The van der Waals surface area contributed by atoms with Crippen molar-refractivity contribution in [2.24, 2.45) is 5.41 Å². The lowest BCUT2D eigenvalue weighted by Gasteiger charge is -2.56. The maximum Gasteiger partial charge on any atom is 0.297 e. The third-order valence-electron chi connectivity index (χ3n) is 15.8. The summed E-state index contributed by atoms with van der Waals surface area (Å²) >= 11 is 0. The Morgan fingerprint density at radius 1 is 0.986 bits per heavy atom. The topological polar surface area (TPSA) is 188 Å². The highest BCUT2D eigenvalue weighted by Crippen LogP contribution is 2.54. The standard InChI is InChI=1S/C52H61N9O8S/c1-33(2)42-7-4-5-8-43(42)45-9-6-16-60(45)38-25-52(26-38)13-17-58(18-14-52)37-10-11-44(47(22-37)69-40-21-35-12-15-53-50(35)54-27-40)51(62)56-70(65,66)41-23-46(61(63)64)49-48(24-41)68-30-36(55-49)29-57-19-20-59(34(3)28-57)39-31-67-32-39/h4-5,7-8,10-12,15,21-24,27,34,36,38-39,45,55H,1,6,9,13-14,16-20,25-26,28-32H2,2-3H3,(H,53,54)(H,56,62)/t34-,36+,45+/m1/s1. The second kappa shape index (κ2) is 18.6. The monoisotopic (exact) mass is 971 g/mol.